The molecule has 0 radical (unpaired) electrons. The van der Waals surface area contributed by atoms with Crippen LogP contribution >= 0.6 is 0 Å². The van der Waals surface area contributed by atoms with Gasteiger partial charge in [0.2, 0.25) is 5.91 Å². The molecule has 2 fully saturated rings. The molecule has 136 valence electrons. The van der Waals surface area contributed by atoms with Gasteiger partial charge in [0.1, 0.15) is 17.5 Å². The Hall–Kier alpha value is -2.11. The van der Waals surface area contributed by atoms with E-state index in [2.05, 4.69) is 10.3 Å². The first-order valence-electron chi connectivity index (χ1n) is 9.17. The summed E-state index contributed by atoms with van der Waals surface area (Å²) in [7, 11) is 0. The molecule has 6 heteroatoms. The molecule has 1 aromatic rings. The van der Waals surface area contributed by atoms with Crippen LogP contribution in [0.5, 0.6) is 5.75 Å². The zero-order chi connectivity index (χ0) is 18.0. The van der Waals surface area contributed by atoms with Gasteiger partial charge >= 0.3 is 0 Å². The van der Waals surface area contributed by atoms with Crippen molar-refractivity contribution in [1.82, 2.24) is 10.3 Å². The summed E-state index contributed by atoms with van der Waals surface area (Å²) in [5, 5.41) is 2.70. The third kappa shape index (κ3) is 4.94. The van der Waals surface area contributed by atoms with Crippen LogP contribution in [0.4, 0.5) is 0 Å². The van der Waals surface area contributed by atoms with Crippen LogP contribution in [0.1, 0.15) is 67.9 Å². The third-order valence-corrected chi connectivity index (χ3v) is 4.67. The van der Waals surface area contributed by atoms with Gasteiger partial charge in [-0.2, -0.15) is 0 Å². The minimum Gasteiger partial charge on any atom is -0.493 e. The van der Waals surface area contributed by atoms with Crippen molar-refractivity contribution < 1.29 is 14.3 Å². The number of carbonyl (C=O) groups is 2. The number of aromatic nitrogens is 1. The molecule has 0 saturated heterocycles. The first-order valence-corrected chi connectivity index (χ1v) is 9.17. The lowest BCUT2D eigenvalue weighted by molar-refractivity contribution is -0.120. The summed E-state index contributed by atoms with van der Waals surface area (Å²) < 4.78 is 5.96. The van der Waals surface area contributed by atoms with Crippen molar-refractivity contribution in [2.75, 3.05) is 6.61 Å². The number of hydrogen-bond acceptors (Lipinski definition) is 4. The Morgan fingerprint density at radius 2 is 2.04 bits per heavy atom. The maximum atomic E-state index is 12.5. The summed E-state index contributed by atoms with van der Waals surface area (Å²) in [6, 6.07) is 1.02. The second-order valence-electron chi connectivity index (χ2n) is 7.69. The Bertz CT molecular complexity index is 651. The van der Waals surface area contributed by atoms with Crippen LogP contribution in [-0.2, 0) is 4.79 Å². The Kier molecular flexibility index (Phi) is 5.25. The van der Waals surface area contributed by atoms with Crippen molar-refractivity contribution in [2.45, 2.75) is 57.9 Å². The second kappa shape index (κ2) is 7.42. The van der Waals surface area contributed by atoms with Gasteiger partial charge < -0.3 is 15.8 Å². The highest BCUT2D eigenvalue weighted by atomic mass is 16.5. The average Bonchev–Trinajstić information content (AvgIpc) is 3.45. The van der Waals surface area contributed by atoms with Crippen molar-refractivity contribution in [3.63, 3.8) is 0 Å². The molecular formula is C19H27N3O3. The molecule has 3 N–H and O–H groups in total. The van der Waals surface area contributed by atoms with Crippen LogP contribution in [0.15, 0.2) is 12.3 Å². The number of carbonyl (C=O) groups excluding carboxylic acids is 2. The Balaban J connectivity index is 1.72. The van der Waals surface area contributed by atoms with E-state index in [-0.39, 0.29) is 17.5 Å². The molecule has 0 bridgehead atoms. The van der Waals surface area contributed by atoms with Gasteiger partial charge in [-0.1, -0.05) is 13.8 Å². The molecule has 2 saturated carbocycles. The van der Waals surface area contributed by atoms with Gasteiger partial charge in [0, 0.05) is 17.8 Å². The van der Waals surface area contributed by atoms with E-state index in [1.54, 1.807) is 12.3 Å². The van der Waals surface area contributed by atoms with Gasteiger partial charge in [-0.15, -0.1) is 0 Å². The average molecular weight is 345 g/mol. The highest BCUT2D eigenvalue weighted by Crippen LogP contribution is 2.44. The highest BCUT2D eigenvalue weighted by Gasteiger charge is 2.30. The first kappa shape index (κ1) is 17.7. The van der Waals surface area contributed by atoms with E-state index in [9.17, 15) is 9.59 Å². The minimum atomic E-state index is -0.687. The molecule has 0 spiro atoms. The zero-order valence-corrected chi connectivity index (χ0v) is 15.0. The molecule has 1 heterocycles. The smallest absolute Gasteiger partial charge is 0.270 e. The van der Waals surface area contributed by atoms with Crippen molar-refractivity contribution in [3.05, 3.63) is 23.5 Å². The van der Waals surface area contributed by atoms with E-state index in [4.69, 9.17) is 10.5 Å². The van der Waals surface area contributed by atoms with E-state index in [1.807, 2.05) is 13.8 Å². The number of primary amides is 1. The monoisotopic (exact) mass is 345 g/mol. The van der Waals surface area contributed by atoms with Crippen molar-refractivity contribution >= 4 is 11.8 Å². The van der Waals surface area contributed by atoms with E-state index in [0.717, 1.165) is 24.2 Å². The van der Waals surface area contributed by atoms with Gasteiger partial charge in [0.15, 0.2) is 0 Å². The predicted molar refractivity (Wildman–Crippen MR) is 94.3 cm³/mol. The molecular weight excluding hydrogens is 318 g/mol. The number of nitrogens with zero attached hydrogens (tertiary/aromatic N) is 1. The lowest BCUT2D eigenvalue weighted by Gasteiger charge is -2.18. The lowest BCUT2D eigenvalue weighted by atomic mass is 10.0. The summed E-state index contributed by atoms with van der Waals surface area (Å²) in [4.78, 5) is 28.4. The number of amides is 2. The fourth-order valence-electron chi connectivity index (χ4n) is 2.84. The van der Waals surface area contributed by atoms with Crippen LogP contribution in [-0.4, -0.2) is 29.4 Å². The molecule has 0 unspecified atom stereocenters. The molecule has 2 amide bonds. The fraction of sp³-hybridized carbons (Fsp3) is 0.632. The molecule has 3 rings (SSSR count). The van der Waals surface area contributed by atoms with Gasteiger partial charge in [0.25, 0.3) is 5.91 Å². The number of ether oxygens (including phenoxy) is 1. The van der Waals surface area contributed by atoms with Gasteiger partial charge in [-0.25, -0.2) is 0 Å². The summed E-state index contributed by atoms with van der Waals surface area (Å²) in [5.74, 6) is 1.24. The normalized spacial score (nSPS) is 18.0. The quantitative estimate of drug-likeness (QED) is 0.718. The summed E-state index contributed by atoms with van der Waals surface area (Å²) in [6.45, 7) is 4.66. The van der Waals surface area contributed by atoms with Crippen LogP contribution < -0.4 is 15.8 Å². The fourth-order valence-corrected chi connectivity index (χ4v) is 2.84. The molecule has 2 aliphatic rings. The number of pyridine rings is 1. The maximum Gasteiger partial charge on any atom is 0.270 e. The molecule has 1 aromatic heterocycles. The van der Waals surface area contributed by atoms with Gasteiger partial charge in [0.05, 0.1) is 6.61 Å². The maximum absolute atomic E-state index is 12.5. The third-order valence-electron chi connectivity index (χ3n) is 4.67. The first-order chi connectivity index (χ1) is 11.9. The minimum absolute atomic E-state index is 0.250. The molecule has 1 atom stereocenters. The number of nitrogens with two attached hydrogens (primary N) is 1. The predicted octanol–water partition coefficient (Wildman–Crippen LogP) is 2.38. The second-order valence-corrected chi connectivity index (χ2v) is 7.69. The molecule has 2 aliphatic carbocycles. The SMILES string of the molecule is CC(C)C[C@H](NC(=O)c1cc(OCC2CC2)c(C2CC2)cn1)C(N)=O. The van der Waals surface area contributed by atoms with Crippen LogP contribution in [0.25, 0.3) is 0 Å². The van der Waals surface area contributed by atoms with Crippen molar-refractivity contribution in [2.24, 2.45) is 17.6 Å². The van der Waals surface area contributed by atoms with Crippen molar-refractivity contribution in [1.29, 1.82) is 0 Å². The summed E-state index contributed by atoms with van der Waals surface area (Å²) in [5.41, 5.74) is 6.76. The zero-order valence-electron chi connectivity index (χ0n) is 15.0. The summed E-state index contributed by atoms with van der Waals surface area (Å²) in [6.07, 6.45) is 6.97. The van der Waals surface area contributed by atoms with E-state index >= 15 is 0 Å². The van der Waals surface area contributed by atoms with Crippen LogP contribution in [0.3, 0.4) is 0 Å². The highest BCUT2D eigenvalue weighted by molar-refractivity contribution is 5.96. The standard InChI is InChI=1S/C19H27N3O3/c1-11(2)7-15(18(20)23)22-19(24)16-8-17(25-10-12-3-4-12)14(9-21-16)13-5-6-13/h8-9,11-13,15H,3-7,10H2,1-2H3,(H2,20,23)(H,22,24)/t15-/m0/s1. The van der Waals surface area contributed by atoms with E-state index in [0.29, 0.717) is 24.9 Å². The molecule has 6 nitrogen and oxygen atoms in total. The Labute approximate surface area is 148 Å². The Morgan fingerprint density at radius 3 is 2.60 bits per heavy atom. The van der Waals surface area contributed by atoms with Crippen molar-refractivity contribution in [3.8, 4) is 5.75 Å². The molecule has 0 aliphatic heterocycles. The Morgan fingerprint density at radius 1 is 1.32 bits per heavy atom. The molecule has 25 heavy (non-hydrogen) atoms. The van der Waals surface area contributed by atoms with Gasteiger partial charge in [-0.3, -0.25) is 14.6 Å². The topological polar surface area (TPSA) is 94.3 Å². The number of rotatable bonds is 9. The van der Waals surface area contributed by atoms with E-state index < -0.39 is 11.9 Å². The number of nitrogens with one attached hydrogen (secondary N) is 1. The van der Waals surface area contributed by atoms with Gasteiger partial charge in [-0.05, 0) is 49.9 Å². The molecule has 0 aromatic carbocycles. The summed E-state index contributed by atoms with van der Waals surface area (Å²) >= 11 is 0. The number of hydrogen-bond donors (Lipinski definition) is 2. The van der Waals surface area contributed by atoms with Crippen LogP contribution in [0, 0.1) is 11.8 Å². The lowest BCUT2D eigenvalue weighted by Crippen LogP contribution is -2.45. The largest absolute Gasteiger partial charge is 0.493 e. The van der Waals surface area contributed by atoms with Crippen LogP contribution in [0.2, 0.25) is 0 Å². The van der Waals surface area contributed by atoms with E-state index in [1.165, 1.54) is 12.8 Å².